The van der Waals surface area contributed by atoms with Crippen LogP contribution in [-0.2, 0) is 4.79 Å². The van der Waals surface area contributed by atoms with Crippen LogP contribution in [0.3, 0.4) is 0 Å². The molecule has 1 heterocycles. The normalized spacial score (nSPS) is 15.8. The molecule has 1 aliphatic rings. The van der Waals surface area contributed by atoms with Crippen molar-refractivity contribution in [1.82, 2.24) is 4.90 Å². The van der Waals surface area contributed by atoms with Gasteiger partial charge in [-0.15, -0.1) is 0 Å². The van der Waals surface area contributed by atoms with Gasteiger partial charge in [-0.05, 0) is 60.3 Å². The van der Waals surface area contributed by atoms with Crippen LogP contribution in [0.1, 0.15) is 5.56 Å². The number of benzene rings is 2. The minimum Gasteiger partial charge on any atom is -0.507 e. The molecule has 0 aliphatic carbocycles. The molecule has 0 radical (unpaired) electrons. The molecule has 1 saturated heterocycles. The van der Waals surface area contributed by atoms with Gasteiger partial charge in [0.25, 0.3) is 11.1 Å². The molecule has 1 N–H and O–H groups in total. The van der Waals surface area contributed by atoms with E-state index in [9.17, 15) is 19.1 Å². The summed E-state index contributed by atoms with van der Waals surface area (Å²) >= 11 is 6.66. The first-order valence-corrected chi connectivity index (χ1v) is 8.76. The Morgan fingerprint density at radius 1 is 1.19 bits per heavy atom. The Hall–Kier alpha value is -2.51. The number of ether oxygens (including phenoxy) is 1. The second-order valence-electron chi connectivity index (χ2n) is 5.34. The standard InChI is InChI=1S/C18H13ClFNO4S/c19-12-1-6-15(22)11(9-12)10-16-17(23)21(18(24)26-16)7-8-25-14-4-2-13(20)3-5-14/h1-6,9-10,22H,7-8H2/b16-10-. The highest BCUT2D eigenvalue weighted by Gasteiger charge is 2.35. The van der Waals surface area contributed by atoms with E-state index in [0.29, 0.717) is 16.3 Å². The molecule has 26 heavy (non-hydrogen) atoms. The number of imide groups is 1. The topological polar surface area (TPSA) is 66.8 Å². The van der Waals surface area contributed by atoms with Crippen molar-refractivity contribution in [3.8, 4) is 11.5 Å². The molecule has 1 aliphatic heterocycles. The highest BCUT2D eigenvalue weighted by atomic mass is 35.5. The number of carbonyl (C=O) groups excluding carboxylic acids is 2. The predicted molar refractivity (Wildman–Crippen MR) is 97.7 cm³/mol. The number of hydrogen-bond donors (Lipinski definition) is 1. The lowest BCUT2D eigenvalue weighted by molar-refractivity contribution is -0.123. The van der Waals surface area contributed by atoms with Crippen LogP contribution in [0.15, 0.2) is 47.4 Å². The Morgan fingerprint density at radius 3 is 2.65 bits per heavy atom. The van der Waals surface area contributed by atoms with E-state index < -0.39 is 11.1 Å². The smallest absolute Gasteiger partial charge is 0.293 e. The Labute approximate surface area is 158 Å². The van der Waals surface area contributed by atoms with Crippen molar-refractivity contribution < 1.29 is 23.8 Å². The molecule has 1 fully saturated rings. The van der Waals surface area contributed by atoms with Crippen molar-refractivity contribution in [1.29, 1.82) is 0 Å². The second kappa shape index (κ2) is 7.80. The maximum Gasteiger partial charge on any atom is 0.293 e. The summed E-state index contributed by atoms with van der Waals surface area (Å²) in [7, 11) is 0. The van der Waals surface area contributed by atoms with E-state index in [-0.39, 0.29) is 29.6 Å². The number of rotatable bonds is 5. The maximum atomic E-state index is 12.8. The molecule has 134 valence electrons. The van der Waals surface area contributed by atoms with Crippen molar-refractivity contribution in [3.05, 3.63) is 63.8 Å². The van der Waals surface area contributed by atoms with Crippen LogP contribution in [0.4, 0.5) is 9.18 Å². The number of amides is 2. The van der Waals surface area contributed by atoms with Crippen LogP contribution in [-0.4, -0.2) is 34.3 Å². The monoisotopic (exact) mass is 393 g/mol. The molecule has 2 aromatic carbocycles. The lowest BCUT2D eigenvalue weighted by atomic mass is 10.2. The third-order valence-corrected chi connectivity index (χ3v) is 4.69. The molecule has 0 bridgehead atoms. The van der Waals surface area contributed by atoms with Crippen LogP contribution in [0.5, 0.6) is 11.5 Å². The molecule has 2 aromatic rings. The summed E-state index contributed by atoms with van der Waals surface area (Å²) in [6.07, 6.45) is 1.42. The summed E-state index contributed by atoms with van der Waals surface area (Å²) in [5.41, 5.74) is 0.352. The van der Waals surface area contributed by atoms with Crippen molar-refractivity contribution >= 4 is 40.6 Å². The second-order valence-corrected chi connectivity index (χ2v) is 6.77. The van der Waals surface area contributed by atoms with E-state index >= 15 is 0 Å². The number of hydrogen-bond acceptors (Lipinski definition) is 5. The van der Waals surface area contributed by atoms with E-state index in [1.54, 1.807) is 0 Å². The van der Waals surface area contributed by atoms with Gasteiger partial charge >= 0.3 is 0 Å². The van der Waals surface area contributed by atoms with Crippen molar-refractivity contribution in [2.45, 2.75) is 0 Å². The van der Waals surface area contributed by atoms with Gasteiger partial charge < -0.3 is 9.84 Å². The summed E-state index contributed by atoms with van der Waals surface area (Å²) in [6, 6.07) is 9.88. The number of carbonyl (C=O) groups is 2. The third-order valence-electron chi connectivity index (χ3n) is 3.55. The molecular weight excluding hydrogens is 381 g/mol. The zero-order valence-electron chi connectivity index (χ0n) is 13.3. The number of nitrogens with zero attached hydrogens (tertiary/aromatic N) is 1. The lowest BCUT2D eigenvalue weighted by Gasteiger charge is -2.13. The number of aromatic hydroxyl groups is 1. The molecule has 5 nitrogen and oxygen atoms in total. The van der Waals surface area contributed by atoms with Crippen LogP contribution in [0.25, 0.3) is 6.08 Å². The van der Waals surface area contributed by atoms with Gasteiger partial charge in [-0.25, -0.2) is 4.39 Å². The summed E-state index contributed by atoms with van der Waals surface area (Å²) < 4.78 is 18.3. The van der Waals surface area contributed by atoms with Gasteiger partial charge in [-0.2, -0.15) is 0 Å². The Bertz CT molecular complexity index is 885. The third kappa shape index (κ3) is 4.17. The van der Waals surface area contributed by atoms with E-state index in [2.05, 4.69) is 0 Å². The highest BCUT2D eigenvalue weighted by molar-refractivity contribution is 8.18. The summed E-state index contributed by atoms with van der Waals surface area (Å²) in [5.74, 6) is -0.446. The molecular formula is C18H13ClFNO4S. The van der Waals surface area contributed by atoms with Crippen molar-refractivity contribution in [2.75, 3.05) is 13.2 Å². The van der Waals surface area contributed by atoms with Crippen LogP contribution in [0, 0.1) is 5.82 Å². The lowest BCUT2D eigenvalue weighted by Crippen LogP contribution is -2.32. The van der Waals surface area contributed by atoms with Crippen LogP contribution < -0.4 is 4.74 Å². The van der Waals surface area contributed by atoms with E-state index in [4.69, 9.17) is 16.3 Å². The zero-order valence-corrected chi connectivity index (χ0v) is 14.9. The van der Waals surface area contributed by atoms with Gasteiger partial charge in [0.15, 0.2) is 0 Å². The number of phenols is 1. The van der Waals surface area contributed by atoms with Crippen molar-refractivity contribution in [2.24, 2.45) is 0 Å². The molecule has 0 saturated carbocycles. The Balaban J connectivity index is 1.66. The highest BCUT2D eigenvalue weighted by Crippen LogP contribution is 2.34. The quantitative estimate of drug-likeness (QED) is 0.767. The largest absolute Gasteiger partial charge is 0.507 e. The molecule has 0 unspecified atom stereocenters. The maximum absolute atomic E-state index is 12.8. The van der Waals surface area contributed by atoms with E-state index in [1.807, 2.05) is 0 Å². The summed E-state index contributed by atoms with van der Waals surface area (Å²) in [6.45, 7) is 0.139. The first-order valence-electron chi connectivity index (χ1n) is 7.56. The first-order chi connectivity index (χ1) is 12.4. The molecule has 0 spiro atoms. The number of halogens is 2. The Morgan fingerprint density at radius 2 is 1.92 bits per heavy atom. The SMILES string of the molecule is O=C1S/C(=C\c2cc(Cl)ccc2O)C(=O)N1CCOc1ccc(F)cc1. The van der Waals surface area contributed by atoms with Gasteiger partial charge in [0.2, 0.25) is 0 Å². The minimum atomic E-state index is -0.470. The average Bonchev–Trinajstić information content (AvgIpc) is 2.87. The molecule has 3 rings (SSSR count). The number of thioether (sulfide) groups is 1. The molecule has 0 aromatic heterocycles. The first kappa shape index (κ1) is 18.3. The van der Waals surface area contributed by atoms with E-state index in [0.717, 1.165) is 16.7 Å². The summed E-state index contributed by atoms with van der Waals surface area (Å²) in [5, 5.41) is 9.81. The van der Waals surface area contributed by atoms with Gasteiger partial charge in [-0.3, -0.25) is 14.5 Å². The van der Waals surface area contributed by atoms with Gasteiger partial charge in [0.1, 0.15) is 23.9 Å². The average molecular weight is 394 g/mol. The zero-order chi connectivity index (χ0) is 18.7. The van der Waals surface area contributed by atoms with Crippen LogP contribution in [0.2, 0.25) is 5.02 Å². The fraction of sp³-hybridized carbons (Fsp3) is 0.111. The Kier molecular flexibility index (Phi) is 5.49. The predicted octanol–water partition coefficient (Wildman–Crippen LogP) is 4.30. The molecule has 2 amide bonds. The van der Waals surface area contributed by atoms with Gasteiger partial charge in [0, 0.05) is 10.6 Å². The van der Waals surface area contributed by atoms with Crippen molar-refractivity contribution in [3.63, 3.8) is 0 Å². The van der Waals surface area contributed by atoms with Gasteiger partial charge in [0.05, 0.1) is 11.4 Å². The number of phenolic OH excluding ortho intramolecular Hbond substituents is 1. The molecule has 0 atom stereocenters. The van der Waals surface area contributed by atoms with E-state index in [1.165, 1.54) is 48.5 Å². The minimum absolute atomic E-state index is 0.0409. The van der Waals surface area contributed by atoms with Crippen LogP contribution >= 0.6 is 23.4 Å². The summed E-state index contributed by atoms with van der Waals surface area (Å²) in [4.78, 5) is 25.7. The fourth-order valence-electron chi connectivity index (χ4n) is 2.26. The fourth-order valence-corrected chi connectivity index (χ4v) is 3.30. The van der Waals surface area contributed by atoms with Gasteiger partial charge in [-0.1, -0.05) is 11.6 Å². The molecule has 8 heteroatoms.